The number of aliphatic hydroxyl groups is 1. The molecule has 3 unspecified atom stereocenters. The normalized spacial score (nSPS) is 36.5. The molecule has 0 aromatic rings. The van der Waals surface area contributed by atoms with E-state index < -0.39 is 0 Å². The maximum atomic E-state index is 9.90. The minimum absolute atomic E-state index is 0.00285. The molecule has 3 heteroatoms. The molecule has 1 aliphatic carbocycles. The second kappa shape index (κ2) is 6.55. The zero-order chi connectivity index (χ0) is 13.9. The van der Waals surface area contributed by atoms with Crippen molar-refractivity contribution in [2.75, 3.05) is 19.7 Å². The average molecular weight is 268 g/mol. The van der Waals surface area contributed by atoms with Crippen molar-refractivity contribution in [3.05, 3.63) is 0 Å². The highest BCUT2D eigenvalue weighted by Gasteiger charge is 2.42. The van der Waals surface area contributed by atoms with Gasteiger partial charge in [0.2, 0.25) is 0 Å². The van der Waals surface area contributed by atoms with Crippen LogP contribution in [-0.2, 0) is 0 Å². The van der Waals surface area contributed by atoms with Crippen molar-refractivity contribution in [3.63, 3.8) is 0 Å². The second-order valence-corrected chi connectivity index (χ2v) is 7.02. The lowest BCUT2D eigenvalue weighted by atomic mass is 9.84. The topological polar surface area (TPSA) is 35.5 Å². The summed E-state index contributed by atoms with van der Waals surface area (Å²) in [6.07, 6.45) is 7.65. The monoisotopic (exact) mass is 268 g/mol. The quantitative estimate of drug-likeness (QED) is 0.776. The molecule has 0 radical (unpaired) electrons. The molecule has 1 aliphatic heterocycles. The fourth-order valence-electron chi connectivity index (χ4n) is 4.23. The third kappa shape index (κ3) is 3.50. The predicted molar refractivity (Wildman–Crippen MR) is 80.3 cm³/mol. The highest BCUT2D eigenvalue weighted by Crippen LogP contribution is 2.38. The lowest BCUT2D eigenvalue weighted by Crippen LogP contribution is -2.54. The van der Waals surface area contributed by atoms with Gasteiger partial charge in [-0.15, -0.1) is 0 Å². The van der Waals surface area contributed by atoms with Crippen LogP contribution >= 0.6 is 0 Å². The van der Waals surface area contributed by atoms with Crippen LogP contribution in [0.1, 0.15) is 59.3 Å². The Morgan fingerprint density at radius 2 is 2.11 bits per heavy atom. The van der Waals surface area contributed by atoms with Gasteiger partial charge in [-0.3, -0.25) is 0 Å². The average Bonchev–Trinajstić information content (AvgIpc) is 2.93. The summed E-state index contributed by atoms with van der Waals surface area (Å²) in [5.74, 6) is 0.646. The Hall–Kier alpha value is -0.120. The lowest BCUT2D eigenvalue weighted by molar-refractivity contribution is 0.102. The SMILES string of the molecule is CC(C)NC1(CO)CCCC1CCN1CCCC1C. The molecular formula is C16H32N2O. The van der Waals surface area contributed by atoms with Gasteiger partial charge in [0.1, 0.15) is 0 Å². The molecule has 0 aromatic carbocycles. The standard InChI is InChI=1S/C16H32N2O/c1-13(2)17-16(12-19)9-4-7-15(16)8-11-18-10-5-6-14(18)3/h13-15,17,19H,4-12H2,1-3H3. The van der Waals surface area contributed by atoms with Gasteiger partial charge in [-0.25, -0.2) is 0 Å². The van der Waals surface area contributed by atoms with Gasteiger partial charge in [-0.05, 0) is 58.0 Å². The zero-order valence-electron chi connectivity index (χ0n) is 13.0. The van der Waals surface area contributed by atoms with Gasteiger partial charge in [0.05, 0.1) is 6.61 Å². The zero-order valence-corrected chi connectivity index (χ0v) is 13.0. The first-order chi connectivity index (χ1) is 9.07. The third-order valence-corrected chi connectivity index (χ3v) is 5.27. The number of nitrogens with one attached hydrogen (secondary N) is 1. The van der Waals surface area contributed by atoms with Gasteiger partial charge in [-0.2, -0.15) is 0 Å². The Labute approximate surface area is 118 Å². The van der Waals surface area contributed by atoms with E-state index in [0.717, 1.165) is 12.5 Å². The number of nitrogens with zero attached hydrogens (tertiary/aromatic N) is 1. The Bertz CT molecular complexity index is 282. The summed E-state index contributed by atoms with van der Waals surface area (Å²) in [6.45, 7) is 9.52. The Kier molecular flexibility index (Phi) is 5.27. The number of hydrogen-bond acceptors (Lipinski definition) is 3. The fourth-order valence-corrected chi connectivity index (χ4v) is 4.23. The molecule has 0 spiro atoms. The summed E-state index contributed by atoms with van der Waals surface area (Å²) in [6, 6.07) is 1.22. The molecule has 0 amide bonds. The smallest absolute Gasteiger partial charge is 0.0616 e. The minimum Gasteiger partial charge on any atom is -0.394 e. The van der Waals surface area contributed by atoms with Crippen LogP contribution in [-0.4, -0.2) is 47.3 Å². The summed E-state index contributed by atoms with van der Waals surface area (Å²) < 4.78 is 0. The minimum atomic E-state index is -0.00285. The molecule has 112 valence electrons. The predicted octanol–water partition coefficient (Wildman–Crippen LogP) is 2.39. The second-order valence-electron chi connectivity index (χ2n) is 7.02. The largest absolute Gasteiger partial charge is 0.394 e. The van der Waals surface area contributed by atoms with E-state index in [9.17, 15) is 5.11 Å². The van der Waals surface area contributed by atoms with E-state index in [1.807, 2.05) is 0 Å². The first kappa shape index (κ1) is 15.3. The molecule has 1 saturated carbocycles. The van der Waals surface area contributed by atoms with Crippen LogP contribution in [0.3, 0.4) is 0 Å². The van der Waals surface area contributed by atoms with Crippen molar-refractivity contribution in [1.82, 2.24) is 10.2 Å². The van der Waals surface area contributed by atoms with Gasteiger partial charge in [-0.1, -0.05) is 20.3 Å². The van der Waals surface area contributed by atoms with Crippen LogP contribution in [0.4, 0.5) is 0 Å². The van der Waals surface area contributed by atoms with E-state index in [-0.39, 0.29) is 5.54 Å². The Morgan fingerprint density at radius 1 is 1.32 bits per heavy atom. The first-order valence-corrected chi connectivity index (χ1v) is 8.20. The van der Waals surface area contributed by atoms with Crippen LogP contribution in [0.2, 0.25) is 0 Å². The molecule has 19 heavy (non-hydrogen) atoms. The molecule has 0 bridgehead atoms. The van der Waals surface area contributed by atoms with Gasteiger partial charge in [0.15, 0.2) is 0 Å². The van der Waals surface area contributed by atoms with E-state index in [2.05, 4.69) is 31.0 Å². The molecule has 2 rings (SSSR count). The highest BCUT2D eigenvalue weighted by atomic mass is 16.3. The molecule has 1 heterocycles. The van der Waals surface area contributed by atoms with Crippen molar-refractivity contribution in [3.8, 4) is 0 Å². The summed E-state index contributed by atoms with van der Waals surface area (Å²) >= 11 is 0. The molecular weight excluding hydrogens is 236 g/mol. The molecule has 1 saturated heterocycles. The van der Waals surface area contributed by atoms with Gasteiger partial charge < -0.3 is 15.3 Å². The number of aliphatic hydroxyl groups excluding tert-OH is 1. The van der Waals surface area contributed by atoms with Crippen LogP contribution in [0.5, 0.6) is 0 Å². The van der Waals surface area contributed by atoms with Crippen molar-refractivity contribution in [1.29, 1.82) is 0 Å². The Balaban J connectivity index is 1.90. The third-order valence-electron chi connectivity index (χ3n) is 5.27. The molecule has 3 atom stereocenters. The van der Waals surface area contributed by atoms with Crippen LogP contribution < -0.4 is 5.32 Å². The van der Waals surface area contributed by atoms with Gasteiger partial charge >= 0.3 is 0 Å². The maximum absolute atomic E-state index is 9.90. The van der Waals surface area contributed by atoms with E-state index >= 15 is 0 Å². The van der Waals surface area contributed by atoms with E-state index in [1.54, 1.807) is 0 Å². The Morgan fingerprint density at radius 3 is 2.68 bits per heavy atom. The molecule has 0 aromatic heterocycles. The van der Waals surface area contributed by atoms with Crippen LogP contribution in [0, 0.1) is 5.92 Å². The van der Waals surface area contributed by atoms with Crippen molar-refractivity contribution in [2.45, 2.75) is 76.9 Å². The maximum Gasteiger partial charge on any atom is 0.0616 e. The number of likely N-dealkylation sites (tertiary alicyclic amines) is 1. The van der Waals surface area contributed by atoms with Gasteiger partial charge in [0.25, 0.3) is 0 Å². The van der Waals surface area contributed by atoms with E-state index in [0.29, 0.717) is 18.6 Å². The fraction of sp³-hybridized carbons (Fsp3) is 1.00. The summed E-state index contributed by atoms with van der Waals surface area (Å²) in [5, 5.41) is 13.6. The van der Waals surface area contributed by atoms with Crippen molar-refractivity contribution in [2.24, 2.45) is 5.92 Å². The number of hydrogen-bond donors (Lipinski definition) is 2. The van der Waals surface area contributed by atoms with E-state index in [4.69, 9.17) is 0 Å². The van der Waals surface area contributed by atoms with Crippen molar-refractivity contribution < 1.29 is 5.11 Å². The lowest BCUT2D eigenvalue weighted by Gasteiger charge is -2.38. The molecule has 2 N–H and O–H groups in total. The van der Waals surface area contributed by atoms with Crippen LogP contribution in [0.25, 0.3) is 0 Å². The van der Waals surface area contributed by atoms with Crippen LogP contribution in [0.15, 0.2) is 0 Å². The van der Waals surface area contributed by atoms with Gasteiger partial charge in [0, 0.05) is 17.6 Å². The van der Waals surface area contributed by atoms with E-state index in [1.165, 1.54) is 45.2 Å². The summed E-state index contributed by atoms with van der Waals surface area (Å²) in [4.78, 5) is 2.63. The van der Waals surface area contributed by atoms with Crippen molar-refractivity contribution >= 4 is 0 Å². The molecule has 2 fully saturated rings. The summed E-state index contributed by atoms with van der Waals surface area (Å²) in [5.41, 5.74) is -0.00285. The summed E-state index contributed by atoms with van der Waals surface area (Å²) in [7, 11) is 0. The first-order valence-electron chi connectivity index (χ1n) is 8.20. The molecule has 2 aliphatic rings. The highest BCUT2D eigenvalue weighted by molar-refractivity contribution is 5.00. The number of rotatable bonds is 6. The molecule has 3 nitrogen and oxygen atoms in total.